The lowest BCUT2D eigenvalue weighted by Crippen LogP contribution is -2.48. The molecule has 0 radical (unpaired) electrons. The highest BCUT2D eigenvalue weighted by Gasteiger charge is 2.39. The van der Waals surface area contributed by atoms with Gasteiger partial charge in [-0.25, -0.2) is 9.82 Å². The molecule has 2 heterocycles. The number of rotatable bonds is 5. The number of benzene rings is 1. The Balaban J connectivity index is 1.48. The first-order valence-corrected chi connectivity index (χ1v) is 10.8. The van der Waals surface area contributed by atoms with Gasteiger partial charge in [0.1, 0.15) is 5.82 Å². The summed E-state index contributed by atoms with van der Waals surface area (Å²) in [5, 5.41) is 0. The SMILES string of the molecule is CC(C)C1CN(C(=O)C2CNNC2c2cccc(F)c2)CCCN1CC1CC1. The van der Waals surface area contributed by atoms with Gasteiger partial charge in [-0.3, -0.25) is 15.1 Å². The van der Waals surface area contributed by atoms with Crippen LogP contribution in [0.3, 0.4) is 0 Å². The molecule has 6 heteroatoms. The van der Waals surface area contributed by atoms with Gasteiger partial charge in [-0.1, -0.05) is 26.0 Å². The van der Waals surface area contributed by atoms with Crippen molar-refractivity contribution in [3.05, 3.63) is 35.6 Å². The third kappa shape index (κ3) is 4.39. The Bertz CT molecular complexity index is 693. The lowest BCUT2D eigenvalue weighted by atomic mass is 9.93. The van der Waals surface area contributed by atoms with Gasteiger partial charge in [0.15, 0.2) is 0 Å². The van der Waals surface area contributed by atoms with E-state index in [1.54, 1.807) is 6.07 Å². The van der Waals surface area contributed by atoms with Crippen molar-refractivity contribution in [2.75, 3.05) is 32.7 Å². The van der Waals surface area contributed by atoms with Gasteiger partial charge in [0.2, 0.25) is 5.91 Å². The van der Waals surface area contributed by atoms with Gasteiger partial charge in [0, 0.05) is 38.8 Å². The Labute approximate surface area is 167 Å². The van der Waals surface area contributed by atoms with Crippen LogP contribution in [0.2, 0.25) is 0 Å². The first-order valence-electron chi connectivity index (χ1n) is 10.8. The van der Waals surface area contributed by atoms with Crippen LogP contribution in [-0.4, -0.2) is 54.5 Å². The van der Waals surface area contributed by atoms with E-state index in [4.69, 9.17) is 0 Å². The molecule has 0 bridgehead atoms. The van der Waals surface area contributed by atoms with Crippen molar-refractivity contribution in [3.8, 4) is 0 Å². The van der Waals surface area contributed by atoms with Crippen LogP contribution in [-0.2, 0) is 4.79 Å². The Kier molecular flexibility index (Phi) is 5.99. The van der Waals surface area contributed by atoms with E-state index < -0.39 is 0 Å². The molecule has 3 fully saturated rings. The molecule has 0 spiro atoms. The van der Waals surface area contributed by atoms with Crippen LogP contribution in [0.4, 0.5) is 4.39 Å². The van der Waals surface area contributed by atoms with Crippen molar-refractivity contribution in [2.24, 2.45) is 17.8 Å². The number of hydrogen-bond donors (Lipinski definition) is 2. The number of carbonyl (C=O) groups is 1. The van der Waals surface area contributed by atoms with Crippen molar-refractivity contribution in [2.45, 2.75) is 45.2 Å². The fourth-order valence-corrected chi connectivity index (χ4v) is 4.73. The minimum Gasteiger partial charge on any atom is -0.341 e. The number of hydrogen-bond acceptors (Lipinski definition) is 4. The molecule has 5 nitrogen and oxygen atoms in total. The molecular weight excluding hydrogens is 355 g/mol. The number of hydrazine groups is 1. The lowest BCUT2D eigenvalue weighted by Gasteiger charge is -2.35. The Morgan fingerprint density at radius 1 is 1.29 bits per heavy atom. The maximum Gasteiger partial charge on any atom is 0.229 e. The zero-order valence-corrected chi connectivity index (χ0v) is 17.0. The van der Waals surface area contributed by atoms with E-state index in [0.29, 0.717) is 18.5 Å². The summed E-state index contributed by atoms with van der Waals surface area (Å²) in [6, 6.07) is 6.81. The molecule has 3 atom stereocenters. The molecule has 3 aliphatic rings. The third-order valence-electron chi connectivity index (χ3n) is 6.53. The standard InChI is InChI=1S/C22H33FN4O/c1-15(2)20-14-27(10-4-9-26(20)13-16-7-8-16)22(28)19-12-24-25-21(19)17-5-3-6-18(23)11-17/h3,5-6,11,15-16,19-21,24-25H,4,7-10,12-14H2,1-2H3. The Hall–Kier alpha value is -1.50. The minimum absolute atomic E-state index is 0.186. The van der Waals surface area contributed by atoms with Crippen LogP contribution >= 0.6 is 0 Å². The van der Waals surface area contributed by atoms with Gasteiger partial charge in [0.05, 0.1) is 12.0 Å². The van der Waals surface area contributed by atoms with Gasteiger partial charge in [0.25, 0.3) is 0 Å². The summed E-state index contributed by atoms with van der Waals surface area (Å²) in [4.78, 5) is 18.2. The molecule has 2 saturated heterocycles. The topological polar surface area (TPSA) is 47.6 Å². The Morgan fingerprint density at radius 3 is 2.82 bits per heavy atom. The molecule has 1 aromatic rings. The highest BCUT2D eigenvalue weighted by molar-refractivity contribution is 5.80. The van der Waals surface area contributed by atoms with E-state index in [1.165, 1.54) is 31.5 Å². The summed E-state index contributed by atoms with van der Waals surface area (Å²) >= 11 is 0. The van der Waals surface area contributed by atoms with Gasteiger partial charge >= 0.3 is 0 Å². The van der Waals surface area contributed by atoms with Crippen LogP contribution in [0, 0.1) is 23.6 Å². The summed E-state index contributed by atoms with van der Waals surface area (Å²) in [5.41, 5.74) is 7.14. The molecule has 2 N–H and O–H groups in total. The summed E-state index contributed by atoms with van der Waals surface area (Å²) in [7, 11) is 0. The van der Waals surface area contributed by atoms with E-state index >= 15 is 0 Å². The summed E-state index contributed by atoms with van der Waals surface area (Å²) in [5.74, 6) is 1.10. The second-order valence-corrected chi connectivity index (χ2v) is 9.05. The number of nitrogens with one attached hydrogen (secondary N) is 2. The molecule has 28 heavy (non-hydrogen) atoms. The smallest absolute Gasteiger partial charge is 0.229 e. The molecule has 2 aliphatic heterocycles. The molecule has 4 rings (SSSR count). The lowest BCUT2D eigenvalue weighted by molar-refractivity contribution is -0.136. The number of amides is 1. The largest absolute Gasteiger partial charge is 0.341 e. The van der Waals surface area contributed by atoms with Crippen molar-refractivity contribution >= 4 is 5.91 Å². The quantitative estimate of drug-likeness (QED) is 0.814. The van der Waals surface area contributed by atoms with E-state index in [9.17, 15) is 9.18 Å². The fraction of sp³-hybridized carbons (Fsp3) is 0.682. The molecule has 1 aromatic carbocycles. The van der Waals surface area contributed by atoms with Crippen molar-refractivity contribution in [3.63, 3.8) is 0 Å². The van der Waals surface area contributed by atoms with Crippen molar-refractivity contribution < 1.29 is 9.18 Å². The molecule has 0 aromatic heterocycles. The van der Waals surface area contributed by atoms with Crippen LogP contribution in [0.15, 0.2) is 24.3 Å². The monoisotopic (exact) mass is 388 g/mol. The van der Waals surface area contributed by atoms with Gasteiger partial charge in [-0.05, 0) is 48.8 Å². The van der Waals surface area contributed by atoms with E-state index in [1.807, 2.05) is 6.07 Å². The Morgan fingerprint density at radius 2 is 2.11 bits per heavy atom. The highest BCUT2D eigenvalue weighted by atomic mass is 19.1. The van der Waals surface area contributed by atoms with Crippen LogP contribution < -0.4 is 10.9 Å². The molecule has 1 saturated carbocycles. The predicted molar refractivity (Wildman–Crippen MR) is 108 cm³/mol. The van der Waals surface area contributed by atoms with E-state index in [2.05, 4.69) is 34.5 Å². The number of halogens is 1. The first kappa shape index (κ1) is 19.8. The average molecular weight is 389 g/mol. The molecule has 1 amide bonds. The van der Waals surface area contributed by atoms with E-state index in [0.717, 1.165) is 37.5 Å². The van der Waals surface area contributed by atoms with Crippen LogP contribution in [0.25, 0.3) is 0 Å². The zero-order chi connectivity index (χ0) is 19.7. The second-order valence-electron chi connectivity index (χ2n) is 9.05. The van der Waals surface area contributed by atoms with Crippen molar-refractivity contribution in [1.82, 2.24) is 20.7 Å². The highest BCUT2D eigenvalue weighted by Crippen LogP contribution is 2.33. The maximum absolute atomic E-state index is 13.7. The molecule has 1 aliphatic carbocycles. The number of nitrogens with zero attached hydrogens (tertiary/aromatic N) is 2. The van der Waals surface area contributed by atoms with Gasteiger partial charge < -0.3 is 4.90 Å². The molecule has 3 unspecified atom stereocenters. The summed E-state index contributed by atoms with van der Waals surface area (Å²) in [6.45, 7) is 9.00. The second kappa shape index (κ2) is 8.47. The third-order valence-corrected chi connectivity index (χ3v) is 6.53. The van der Waals surface area contributed by atoms with Crippen LogP contribution in [0.1, 0.15) is 44.7 Å². The molecular formula is C22H33FN4O. The van der Waals surface area contributed by atoms with Gasteiger partial charge in [-0.15, -0.1) is 0 Å². The molecule has 154 valence electrons. The maximum atomic E-state index is 13.7. The fourth-order valence-electron chi connectivity index (χ4n) is 4.73. The average Bonchev–Trinajstić information content (AvgIpc) is 3.40. The normalized spacial score (nSPS) is 29.3. The van der Waals surface area contributed by atoms with E-state index in [-0.39, 0.29) is 23.7 Å². The summed E-state index contributed by atoms with van der Waals surface area (Å²) < 4.78 is 13.7. The van der Waals surface area contributed by atoms with Gasteiger partial charge in [-0.2, -0.15) is 0 Å². The predicted octanol–water partition coefficient (Wildman–Crippen LogP) is 2.56. The summed E-state index contributed by atoms with van der Waals surface area (Å²) in [6.07, 6.45) is 3.75. The van der Waals surface area contributed by atoms with Crippen LogP contribution in [0.5, 0.6) is 0 Å². The minimum atomic E-state index is -0.261. The number of carbonyl (C=O) groups excluding carboxylic acids is 1. The first-order chi connectivity index (χ1) is 13.5. The zero-order valence-electron chi connectivity index (χ0n) is 17.0. The van der Waals surface area contributed by atoms with Crippen molar-refractivity contribution in [1.29, 1.82) is 0 Å².